The van der Waals surface area contributed by atoms with Crippen molar-refractivity contribution in [1.82, 2.24) is 0 Å². The van der Waals surface area contributed by atoms with E-state index in [4.69, 9.17) is 0 Å². The van der Waals surface area contributed by atoms with Gasteiger partial charge in [0.25, 0.3) is 0 Å². The van der Waals surface area contributed by atoms with Gasteiger partial charge < -0.3 is 40.9 Å². The number of benzene rings is 6. The fraction of sp³-hybridized carbons (Fsp3) is 0.217. The molecule has 0 unspecified atom stereocenters. The van der Waals surface area contributed by atoms with Crippen LogP contribution in [0.25, 0.3) is 0 Å². The zero-order valence-corrected chi connectivity index (χ0v) is 31.7. The van der Waals surface area contributed by atoms with E-state index in [2.05, 4.69) is 0 Å². The molecule has 6 aromatic carbocycles. The van der Waals surface area contributed by atoms with Gasteiger partial charge in [-0.2, -0.15) is 0 Å². The van der Waals surface area contributed by atoms with Crippen LogP contribution in [0.2, 0.25) is 0 Å². The van der Waals surface area contributed by atoms with Crippen molar-refractivity contribution >= 4 is 0 Å². The van der Waals surface area contributed by atoms with Crippen molar-refractivity contribution in [1.29, 1.82) is 0 Å². The van der Waals surface area contributed by atoms with Crippen molar-refractivity contribution in [2.24, 2.45) is 0 Å². The van der Waals surface area contributed by atoms with Crippen LogP contribution in [0.1, 0.15) is 77.9 Å². The number of hydrogen-bond acceptors (Lipinski definition) is 8. The van der Waals surface area contributed by atoms with Gasteiger partial charge in [-0.15, -0.1) is 0 Å². The van der Waals surface area contributed by atoms with Gasteiger partial charge in [0, 0.05) is 0 Å². The van der Waals surface area contributed by atoms with Crippen LogP contribution in [-0.2, 0) is 10.8 Å². The van der Waals surface area contributed by atoms with Gasteiger partial charge in [0.2, 0.25) is 0 Å². The summed E-state index contributed by atoms with van der Waals surface area (Å²) in [7, 11) is 0. The predicted molar refractivity (Wildman–Crippen MR) is 210 cm³/mol. The molecular weight excluding hydrogens is 680 g/mol. The molecule has 0 atom stereocenters. The first-order valence-electron chi connectivity index (χ1n) is 17.6. The van der Waals surface area contributed by atoms with Gasteiger partial charge in [-0.1, -0.05) is 48.5 Å². The highest BCUT2D eigenvalue weighted by molar-refractivity contribution is 5.74. The van der Waals surface area contributed by atoms with Crippen LogP contribution >= 0.6 is 0 Å². The van der Waals surface area contributed by atoms with E-state index >= 15 is 0 Å². The average molecular weight is 727 g/mol. The largest absolute Gasteiger partial charge is 0.508 e. The first-order chi connectivity index (χ1) is 25.4. The molecule has 0 aliphatic rings. The lowest BCUT2D eigenvalue weighted by Crippen LogP contribution is -2.53. The summed E-state index contributed by atoms with van der Waals surface area (Å²) in [4.78, 5) is 0. The molecule has 0 saturated heterocycles. The number of rotatable bonds is 7. The lowest BCUT2D eigenvalue weighted by Gasteiger charge is -2.55. The lowest BCUT2D eigenvalue weighted by atomic mass is 9.45. The fourth-order valence-corrected chi connectivity index (χ4v) is 8.49. The van der Waals surface area contributed by atoms with E-state index < -0.39 is 22.3 Å². The molecule has 8 nitrogen and oxygen atoms in total. The molecule has 6 rings (SSSR count). The first kappa shape index (κ1) is 37.5. The summed E-state index contributed by atoms with van der Waals surface area (Å²) in [6.07, 6.45) is 0. The van der Waals surface area contributed by atoms with Gasteiger partial charge in [0.05, 0.1) is 10.8 Å². The Morgan fingerprint density at radius 2 is 0.611 bits per heavy atom. The summed E-state index contributed by atoms with van der Waals surface area (Å²) in [5, 5.41) is 89.3. The van der Waals surface area contributed by atoms with Crippen molar-refractivity contribution in [2.75, 3.05) is 0 Å². The second kappa shape index (κ2) is 13.3. The topological polar surface area (TPSA) is 162 Å². The highest BCUT2D eigenvalue weighted by atomic mass is 16.3. The van der Waals surface area contributed by atoms with Gasteiger partial charge in [-0.05, 0) is 170 Å². The standard InChI is InChI=1S/C46H46O8/c1-23-19-39(49)25(3)17-35(23)46(32-10-12-38(48)42(52)22-32,36-18-26(4)40(50)20-24(36)2)45(31-9-11-37(47)41(51)21-31,33-13-27(5)43(53)28(6)14-33)34-15-29(7)44(54)30(8)16-34/h9-22,47-54H,1-8H3. The van der Waals surface area contributed by atoms with E-state index in [0.717, 1.165) is 0 Å². The van der Waals surface area contributed by atoms with Crippen molar-refractivity contribution < 1.29 is 40.9 Å². The lowest BCUT2D eigenvalue weighted by molar-refractivity contribution is 0.383. The van der Waals surface area contributed by atoms with Crippen molar-refractivity contribution in [3.8, 4) is 46.0 Å². The molecule has 0 amide bonds. The Morgan fingerprint density at radius 1 is 0.278 bits per heavy atom. The molecule has 54 heavy (non-hydrogen) atoms. The van der Waals surface area contributed by atoms with Crippen LogP contribution in [0, 0.1) is 55.4 Å². The van der Waals surface area contributed by atoms with Gasteiger partial charge in [0.15, 0.2) is 23.0 Å². The van der Waals surface area contributed by atoms with Crippen molar-refractivity contribution in [3.05, 3.63) is 163 Å². The number of aromatic hydroxyl groups is 8. The third kappa shape index (κ3) is 5.52. The molecule has 0 radical (unpaired) electrons. The molecule has 0 spiro atoms. The average Bonchev–Trinajstić information content (AvgIpc) is 3.11. The minimum Gasteiger partial charge on any atom is -0.508 e. The summed E-state index contributed by atoms with van der Waals surface area (Å²) in [6.45, 7) is 14.5. The molecule has 0 saturated carbocycles. The molecule has 0 aromatic heterocycles. The third-order valence-electron chi connectivity index (χ3n) is 11.1. The molecule has 0 aliphatic carbocycles. The third-order valence-corrected chi connectivity index (χ3v) is 11.1. The number of phenols is 8. The highest BCUT2D eigenvalue weighted by Crippen LogP contribution is 2.63. The summed E-state index contributed by atoms with van der Waals surface area (Å²) in [6, 6.07) is 23.8. The second-order valence-corrected chi connectivity index (χ2v) is 14.7. The van der Waals surface area contributed by atoms with Gasteiger partial charge in [-0.3, -0.25) is 0 Å². The molecule has 278 valence electrons. The normalized spacial score (nSPS) is 11.9. The minimum atomic E-state index is -1.57. The molecule has 8 heteroatoms. The first-order valence-corrected chi connectivity index (χ1v) is 17.6. The van der Waals surface area contributed by atoms with Crippen molar-refractivity contribution in [3.63, 3.8) is 0 Å². The van der Waals surface area contributed by atoms with Crippen LogP contribution in [0.15, 0.2) is 84.9 Å². The van der Waals surface area contributed by atoms with Crippen LogP contribution in [0.3, 0.4) is 0 Å². The quantitative estimate of drug-likeness (QED) is 0.0597. The highest BCUT2D eigenvalue weighted by Gasteiger charge is 2.59. The number of phenolic OH excluding ortho intramolecular Hbond substituents is 8. The second-order valence-electron chi connectivity index (χ2n) is 14.7. The van der Waals surface area contributed by atoms with Crippen molar-refractivity contribution in [2.45, 2.75) is 66.2 Å². The summed E-state index contributed by atoms with van der Waals surface area (Å²) in [5.74, 6) is -1.25. The number of hydrogen-bond donors (Lipinski definition) is 8. The fourth-order valence-electron chi connectivity index (χ4n) is 8.49. The minimum absolute atomic E-state index is 0.0536. The Kier molecular flexibility index (Phi) is 9.22. The van der Waals surface area contributed by atoms with Gasteiger partial charge in [0.1, 0.15) is 23.0 Å². The smallest absolute Gasteiger partial charge is 0.157 e. The maximum Gasteiger partial charge on any atom is 0.157 e. The monoisotopic (exact) mass is 726 g/mol. The Balaban J connectivity index is 2.13. The van der Waals surface area contributed by atoms with E-state index in [0.29, 0.717) is 77.9 Å². The van der Waals surface area contributed by atoms with E-state index in [1.807, 2.05) is 50.2 Å². The SMILES string of the molecule is Cc1cc(C(c2ccc(O)c(O)c2)(c2cc(C)c(O)cc2C)C(c2cc(C)c(O)c(C)c2)(c2cc(C)c(O)c(C)c2)c2ccc(O)c(O)c2)c(C)cc1O. The van der Waals surface area contributed by atoms with E-state index in [9.17, 15) is 40.9 Å². The Labute approximate surface area is 315 Å². The number of aryl methyl sites for hydroxylation is 8. The van der Waals surface area contributed by atoms with E-state index in [1.165, 1.54) is 24.3 Å². The van der Waals surface area contributed by atoms with E-state index in [1.54, 1.807) is 65.8 Å². The molecule has 0 fully saturated rings. The molecule has 0 heterocycles. The zero-order chi connectivity index (χ0) is 39.6. The molecule has 6 aromatic rings. The van der Waals surface area contributed by atoms with Crippen LogP contribution < -0.4 is 0 Å². The van der Waals surface area contributed by atoms with Crippen LogP contribution in [0.5, 0.6) is 46.0 Å². The Bertz CT molecular complexity index is 2320. The van der Waals surface area contributed by atoms with Gasteiger partial charge >= 0.3 is 0 Å². The summed E-state index contributed by atoms with van der Waals surface area (Å²) < 4.78 is 0. The van der Waals surface area contributed by atoms with Crippen LogP contribution in [0.4, 0.5) is 0 Å². The Hall–Kier alpha value is -6.28. The molecule has 8 N–H and O–H groups in total. The molecule has 0 aliphatic heterocycles. The maximum atomic E-state index is 11.4. The van der Waals surface area contributed by atoms with Gasteiger partial charge in [-0.25, -0.2) is 0 Å². The Morgan fingerprint density at radius 3 is 0.944 bits per heavy atom. The van der Waals surface area contributed by atoms with E-state index in [-0.39, 0.29) is 34.5 Å². The predicted octanol–water partition coefficient (Wildman–Crippen LogP) is 9.17. The summed E-state index contributed by atoms with van der Waals surface area (Å²) in [5.41, 5.74) is 4.87. The zero-order valence-electron chi connectivity index (χ0n) is 31.7. The molecular formula is C46H46O8. The summed E-state index contributed by atoms with van der Waals surface area (Å²) >= 11 is 0. The van der Waals surface area contributed by atoms with Crippen LogP contribution in [-0.4, -0.2) is 40.9 Å². The maximum absolute atomic E-state index is 11.4. The molecule has 0 bridgehead atoms.